The third-order valence-electron chi connectivity index (χ3n) is 4.37. The Kier molecular flexibility index (Phi) is 12.7. The van der Waals surface area contributed by atoms with Gasteiger partial charge in [-0.1, -0.05) is 44.7 Å². The van der Waals surface area contributed by atoms with Crippen molar-refractivity contribution < 1.29 is 19.0 Å². The fraction of sp³-hybridized carbons (Fsp3) is 0.650. The molecule has 1 saturated heterocycles. The number of para-hydroxylation sites is 2. The van der Waals surface area contributed by atoms with Gasteiger partial charge in [0.1, 0.15) is 12.4 Å². The monoisotopic (exact) mass is 400 g/mol. The molecular formula is C20H33ClN2O4. The quantitative estimate of drug-likeness (QED) is 0.560. The lowest BCUT2D eigenvalue weighted by Crippen LogP contribution is -2.38. The molecule has 1 aromatic carbocycles. The molecule has 0 aromatic heterocycles. The molecule has 0 spiro atoms. The third kappa shape index (κ3) is 9.84. The number of hydrogen-bond acceptors (Lipinski definition) is 5. The van der Waals surface area contributed by atoms with Crippen LogP contribution >= 0.6 is 12.4 Å². The number of halogens is 1. The summed E-state index contributed by atoms with van der Waals surface area (Å²) >= 11 is 0. The van der Waals surface area contributed by atoms with Crippen molar-refractivity contribution >= 4 is 24.2 Å². The second kappa shape index (κ2) is 14.5. The van der Waals surface area contributed by atoms with E-state index >= 15 is 0 Å². The molecule has 6 nitrogen and oxygen atoms in total. The van der Waals surface area contributed by atoms with Crippen molar-refractivity contribution in [3.63, 3.8) is 0 Å². The molecule has 1 aliphatic rings. The minimum Gasteiger partial charge on any atom is -0.491 e. The van der Waals surface area contributed by atoms with Crippen LogP contribution in [0.25, 0.3) is 0 Å². The largest absolute Gasteiger partial charge is 0.491 e. The summed E-state index contributed by atoms with van der Waals surface area (Å²) in [6.45, 7) is 7.23. The van der Waals surface area contributed by atoms with Crippen molar-refractivity contribution in [2.45, 2.75) is 39.0 Å². The molecule has 1 amide bonds. The lowest BCUT2D eigenvalue weighted by atomic mass is 10.2. The number of amides is 1. The van der Waals surface area contributed by atoms with E-state index in [-0.39, 0.29) is 12.4 Å². The smallest absolute Gasteiger partial charge is 0.411 e. The Morgan fingerprint density at radius 3 is 2.63 bits per heavy atom. The first-order valence-corrected chi connectivity index (χ1v) is 9.75. The summed E-state index contributed by atoms with van der Waals surface area (Å²) in [5.41, 5.74) is 0.650. The lowest BCUT2D eigenvalue weighted by molar-refractivity contribution is 0.0290. The third-order valence-corrected chi connectivity index (χ3v) is 4.37. The van der Waals surface area contributed by atoms with Crippen LogP contribution in [0.1, 0.15) is 39.0 Å². The van der Waals surface area contributed by atoms with Crippen molar-refractivity contribution in [3.8, 4) is 5.75 Å². The van der Waals surface area contributed by atoms with Crippen LogP contribution in [0.2, 0.25) is 0 Å². The second-order valence-electron chi connectivity index (χ2n) is 6.47. The minimum absolute atomic E-state index is 0. The van der Waals surface area contributed by atoms with E-state index in [0.29, 0.717) is 24.7 Å². The van der Waals surface area contributed by atoms with Gasteiger partial charge in [-0.15, -0.1) is 12.4 Å². The van der Waals surface area contributed by atoms with Gasteiger partial charge in [-0.3, -0.25) is 10.2 Å². The van der Waals surface area contributed by atoms with Crippen LogP contribution < -0.4 is 10.1 Å². The molecule has 1 heterocycles. The highest BCUT2D eigenvalue weighted by atomic mass is 35.5. The maximum Gasteiger partial charge on any atom is 0.411 e. The average Bonchev–Trinajstić information content (AvgIpc) is 2.66. The molecule has 0 saturated carbocycles. The Morgan fingerprint density at radius 2 is 1.85 bits per heavy atom. The first kappa shape index (κ1) is 23.5. The molecule has 1 N–H and O–H groups in total. The minimum atomic E-state index is -0.447. The normalized spacial score (nSPS) is 14.3. The highest BCUT2D eigenvalue weighted by Gasteiger charge is 2.12. The van der Waals surface area contributed by atoms with Gasteiger partial charge in [-0.25, -0.2) is 4.79 Å². The maximum absolute atomic E-state index is 12.0. The zero-order valence-electron chi connectivity index (χ0n) is 16.3. The molecule has 0 radical (unpaired) electrons. The van der Waals surface area contributed by atoms with Crippen LogP contribution in [0.5, 0.6) is 5.75 Å². The molecule has 154 valence electrons. The predicted molar refractivity (Wildman–Crippen MR) is 110 cm³/mol. The first-order valence-electron chi connectivity index (χ1n) is 9.75. The molecular weight excluding hydrogens is 368 g/mol. The Balaban J connectivity index is 0.00000364. The van der Waals surface area contributed by atoms with Gasteiger partial charge in [0.15, 0.2) is 0 Å². The number of ether oxygens (including phenoxy) is 3. The summed E-state index contributed by atoms with van der Waals surface area (Å²) in [5, 5.41) is 2.78. The molecule has 0 aliphatic carbocycles. The summed E-state index contributed by atoms with van der Waals surface area (Å²) in [7, 11) is 0. The second-order valence-corrected chi connectivity index (χ2v) is 6.47. The van der Waals surface area contributed by atoms with Gasteiger partial charge in [-0.2, -0.15) is 0 Å². The van der Waals surface area contributed by atoms with Crippen LogP contribution in [0.15, 0.2) is 24.3 Å². The number of carbonyl (C=O) groups excluding carboxylic acids is 1. The zero-order chi connectivity index (χ0) is 18.5. The van der Waals surface area contributed by atoms with E-state index in [1.807, 2.05) is 24.3 Å². The molecule has 0 atom stereocenters. The summed E-state index contributed by atoms with van der Waals surface area (Å²) in [6.07, 6.45) is 5.51. The van der Waals surface area contributed by atoms with Crippen LogP contribution in [0, 0.1) is 0 Å². The van der Waals surface area contributed by atoms with Crippen molar-refractivity contribution in [2.75, 3.05) is 51.4 Å². The van der Waals surface area contributed by atoms with E-state index in [2.05, 4.69) is 17.1 Å². The number of carbonyl (C=O) groups is 1. The van der Waals surface area contributed by atoms with E-state index < -0.39 is 6.09 Å². The lowest BCUT2D eigenvalue weighted by Gasteiger charge is -2.26. The van der Waals surface area contributed by atoms with Gasteiger partial charge in [0.2, 0.25) is 0 Å². The summed E-state index contributed by atoms with van der Waals surface area (Å²) in [6, 6.07) is 7.48. The number of unbranched alkanes of at least 4 members (excludes halogenated alkanes) is 4. The fourth-order valence-electron chi connectivity index (χ4n) is 2.82. The Bertz CT molecular complexity index is 524. The standard InChI is InChI=1S/C20H32N2O4.ClH/c1-2-3-4-5-8-14-25-19-10-7-6-9-18(19)21-20(23)26-17-13-22-11-15-24-16-12-22;/h6-7,9-10H,2-5,8,11-17H2,1H3,(H,21,23);1H. The highest BCUT2D eigenvalue weighted by molar-refractivity contribution is 5.86. The van der Waals surface area contributed by atoms with Crippen molar-refractivity contribution in [1.82, 2.24) is 4.90 Å². The average molecular weight is 401 g/mol. The Morgan fingerprint density at radius 1 is 1.11 bits per heavy atom. The summed E-state index contributed by atoms with van der Waals surface area (Å²) < 4.78 is 16.4. The highest BCUT2D eigenvalue weighted by Crippen LogP contribution is 2.24. The molecule has 1 fully saturated rings. The topological polar surface area (TPSA) is 60.0 Å². The number of anilines is 1. The zero-order valence-corrected chi connectivity index (χ0v) is 17.1. The molecule has 27 heavy (non-hydrogen) atoms. The van der Waals surface area contributed by atoms with Gasteiger partial charge in [0.25, 0.3) is 0 Å². The summed E-state index contributed by atoms with van der Waals surface area (Å²) in [5.74, 6) is 0.688. The summed E-state index contributed by atoms with van der Waals surface area (Å²) in [4.78, 5) is 14.3. The SMILES string of the molecule is CCCCCCCOc1ccccc1NC(=O)OCCN1CCOCC1.Cl. The van der Waals surface area contributed by atoms with E-state index in [0.717, 1.165) is 39.3 Å². The molecule has 0 unspecified atom stereocenters. The van der Waals surface area contributed by atoms with Gasteiger partial charge < -0.3 is 14.2 Å². The van der Waals surface area contributed by atoms with E-state index in [9.17, 15) is 4.79 Å². The maximum atomic E-state index is 12.0. The number of benzene rings is 1. The van der Waals surface area contributed by atoms with Gasteiger partial charge >= 0.3 is 6.09 Å². The molecule has 1 aliphatic heterocycles. The van der Waals surface area contributed by atoms with E-state index in [1.54, 1.807) is 0 Å². The first-order chi connectivity index (χ1) is 12.8. The Labute approximate surface area is 168 Å². The molecule has 7 heteroatoms. The van der Waals surface area contributed by atoms with Crippen molar-refractivity contribution in [1.29, 1.82) is 0 Å². The van der Waals surface area contributed by atoms with Crippen LogP contribution in [0.3, 0.4) is 0 Å². The number of rotatable bonds is 11. The Hall–Kier alpha value is -1.50. The fourth-order valence-corrected chi connectivity index (χ4v) is 2.82. The van der Waals surface area contributed by atoms with Crippen LogP contribution in [-0.2, 0) is 9.47 Å². The molecule has 0 bridgehead atoms. The van der Waals surface area contributed by atoms with E-state index in [1.165, 1.54) is 25.7 Å². The number of nitrogens with one attached hydrogen (secondary N) is 1. The molecule has 2 rings (SSSR count). The van der Waals surface area contributed by atoms with Gasteiger partial charge in [0.05, 0.1) is 25.5 Å². The van der Waals surface area contributed by atoms with Crippen LogP contribution in [0.4, 0.5) is 10.5 Å². The van der Waals surface area contributed by atoms with Gasteiger partial charge in [-0.05, 0) is 18.6 Å². The van der Waals surface area contributed by atoms with Crippen LogP contribution in [-0.4, -0.2) is 57.1 Å². The van der Waals surface area contributed by atoms with E-state index in [4.69, 9.17) is 14.2 Å². The van der Waals surface area contributed by atoms with Gasteiger partial charge in [0, 0.05) is 19.6 Å². The predicted octanol–water partition coefficient (Wildman–Crippen LogP) is 4.34. The number of nitrogens with zero attached hydrogens (tertiary/aromatic N) is 1. The van der Waals surface area contributed by atoms with Crippen molar-refractivity contribution in [2.24, 2.45) is 0 Å². The molecule has 1 aromatic rings. The van der Waals surface area contributed by atoms with Crippen molar-refractivity contribution in [3.05, 3.63) is 24.3 Å². The number of hydrogen-bond donors (Lipinski definition) is 1. The number of morpholine rings is 1.